The first-order valence-electron chi connectivity index (χ1n) is 12.2. The van der Waals surface area contributed by atoms with Crippen molar-refractivity contribution in [3.8, 4) is 0 Å². The molecule has 11 nitrogen and oxygen atoms in total. The minimum atomic E-state index is -3.33. The van der Waals surface area contributed by atoms with Crippen molar-refractivity contribution in [3.63, 3.8) is 0 Å². The minimum absolute atomic E-state index is 0.117. The monoisotopic (exact) mass is 603 g/mol. The molecule has 0 unspecified atom stereocenters. The lowest BCUT2D eigenvalue weighted by atomic mass is 10.5. The molecule has 216 valence electrons. The summed E-state index contributed by atoms with van der Waals surface area (Å²) >= 11 is 2.89. The zero-order valence-electron chi connectivity index (χ0n) is 23.1. The highest BCUT2D eigenvalue weighted by Crippen LogP contribution is 2.51. The number of anilines is 1. The van der Waals surface area contributed by atoms with Gasteiger partial charge in [0.25, 0.3) is 0 Å². The number of hydrogen-bond acceptors (Lipinski definition) is 13. The summed E-state index contributed by atoms with van der Waals surface area (Å²) in [4.78, 5) is 8.49. The molecule has 1 rings (SSSR count). The highest BCUT2D eigenvalue weighted by molar-refractivity contribution is 8.00. The summed E-state index contributed by atoms with van der Waals surface area (Å²) in [5.74, 6) is 1.29. The molecule has 0 aromatic carbocycles. The van der Waals surface area contributed by atoms with Crippen LogP contribution < -0.4 is 5.73 Å². The molecule has 0 aliphatic carbocycles. The summed E-state index contributed by atoms with van der Waals surface area (Å²) < 4.78 is 58.6. The average molecular weight is 604 g/mol. The van der Waals surface area contributed by atoms with Crippen molar-refractivity contribution in [2.24, 2.45) is 0 Å². The molecule has 0 radical (unpaired) electrons. The third-order valence-electron chi connectivity index (χ3n) is 3.64. The van der Waals surface area contributed by atoms with Gasteiger partial charge in [-0.3, -0.25) is 9.13 Å². The maximum Gasteiger partial charge on any atom is 0.356 e. The molecule has 1 heterocycles. The van der Waals surface area contributed by atoms with Crippen molar-refractivity contribution in [2.75, 3.05) is 43.1 Å². The fraction of sp³-hybridized carbons (Fsp3) is 0.818. The summed E-state index contributed by atoms with van der Waals surface area (Å²) in [6, 6.07) is 1.83. The van der Waals surface area contributed by atoms with E-state index < -0.39 is 15.2 Å². The van der Waals surface area contributed by atoms with Gasteiger partial charge in [-0.15, -0.1) is 23.5 Å². The van der Waals surface area contributed by atoms with Crippen molar-refractivity contribution in [1.29, 1.82) is 0 Å². The minimum Gasteiger partial charge on any atom is -0.368 e. The van der Waals surface area contributed by atoms with Crippen molar-refractivity contribution < 1.29 is 36.7 Å². The van der Waals surface area contributed by atoms with Crippen LogP contribution in [-0.2, 0) is 36.7 Å². The van der Waals surface area contributed by atoms with E-state index in [4.69, 9.17) is 33.3 Å². The van der Waals surface area contributed by atoms with E-state index in [9.17, 15) is 9.13 Å². The Hall–Kier alpha value is -0.200. The van der Waals surface area contributed by atoms with Crippen molar-refractivity contribution >= 4 is 44.7 Å². The standard InChI is InChI=1S/C22H43N3O8P2S2/c1-16(2)30-34(26,31-17(3)4)14-28-9-11-36-20-13-21(25-22(23)24-20)37-12-10-29-15-35(27,32-18(5)6)33-19(7)8/h13,16-19H,9-12,14-15H2,1-8H3,(H2,23,24,25). The molecule has 0 saturated carbocycles. The number of ether oxygens (including phenoxy) is 2. The normalized spacial score (nSPS) is 13.0. The molecule has 0 aliphatic heterocycles. The Morgan fingerprint density at radius 2 is 1.03 bits per heavy atom. The number of aromatic nitrogens is 2. The maximum absolute atomic E-state index is 12.8. The second kappa shape index (κ2) is 17.5. The van der Waals surface area contributed by atoms with E-state index in [1.165, 1.54) is 23.5 Å². The molecule has 15 heteroatoms. The molecule has 1 aromatic heterocycles. The van der Waals surface area contributed by atoms with Gasteiger partial charge in [-0.05, 0) is 55.4 Å². The van der Waals surface area contributed by atoms with Gasteiger partial charge in [0, 0.05) is 17.6 Å². The van der Waals surface area contributed by atoms with Crippen molar-refractivity contribution in [3.05, 3.63) is 6.07 Å². The highest BCUT2D eigenvalue weighted by atomic mass is 32.2. The van der Waals surface area contributed by atoms with Crippen LogP contribution in [0.3, 0.4) is 0 Å². The third kappa shape index (κ3) is 16.5. The number of thioether (sulfide) groups is 2. The van der Waals surface area contributed by atoms with Crippen LogP contribution in [0.5, 0.6) is 0 Å². The predicted molar refractivity (Wildman–Crippen MR) is 150 cm³/mol. The van der Waals surface area contributed by atoms with Gasteiger partial charge in [0.15, 0.2) is 0 Å². The molecule has 0 aliphatic rings. The summed E-state index contributed by atoms with van der Waals surface area (Å²) in [6.45, 7) is 15.1. The third-order valence-corrected chi connectivity index (χ3v) is 9.36. The first kappa shape index (κ1) is 34.8. The molecule has 2 N–H and O–H groups in total. The summed E-state index contributed by atoms with van der Waals surface area (Å²) in [7, 11) is -6.66. The van der Waals surface area contributed by atoms with Crippen molar-refractivity contribution in [1.82, 2.24) is 9.97 Å². The summed E-state index contributed by atoms with van der Waals surface area (Å²) in [5.41, 5.74) is 5.87. The van der Waals surface area contributed by atoms with Crippen LogP contribution >= 0.6 is 38.7 Å². The van der Waals surface area contributed by atoms with E-state index in [-0.39, 0.29) is 43.1 Å². The smallest absolute Gasteiger partial charge is 0.356 e. The van der Waals surface area contributed by atoms with Gasteiger partial charge in [-0.25, -0.2) is 9.97 Å². The average Bonchev–Trinajstić information content (AvgIpc) is 2.70. The van der Waals surface area contributed by atoms with E-state index in [0.717, 1.165) is 0 Å². The van der Waals surface area contributed by atoms with E-state index in [1.54, 1.807) is 55.4 Å². The lowest BCUT2D eigenvalue weighted by Crippen LogP contribution is -2.12. The van der Waals surface area contributed by atoms with Gasteiger partial charge < -0.3 is 33.3 Å². The number of rotatable bonds is 20. The van der Waals surface area contributed by atoms with E-state index >= 15 is 0 Å². The van der Waals surface area contributed by atoms with Crippen LogP contribution in [0.15, 0.2) is 16.1 Å². The first-order valence-corrected chi connectivity index (χ1v) is 17.6. The molecule has 0 amide bonds. The van der Waals surface area contributed by atoms with Crippen LogP contribution in [0, 0.1) is 0 Å². The van der Waals surface area contributed by atoms with Gasteiger partial charge in [-0.2, -0.15) is 0 Å². The SMILES string of the molecule is CC(C)OP(=O)(COCCSc1cc(SCCOCP(=O)(OC(C)C)OC(C)C)nc(N)n1)OC(C)C. The zero-order valence-corrected chi connectivity index (χ0v) is 26.5. The second-order valence-corrected chi connectivity index (χ2v) is 15.0. The summed E-state index contributed by atoms with van der Waals surface area (Å²) in [5, 5.41) is 1.39. The van der Waals surface area contributed by atoms with Gasteiger partial charge in [0.2, 0.25) is 5.95 Å². The first-order chi connectivity index (χ1) is 17.2. The van der Waals surface area contributed by atoms with Gasteiger partial charge >= 0.3 is 15.2 Å². The Morgan fingerprint density at radius 3 is 1.32 bits per heavy atom. The molecular weight excluding hydrogens is 560 g/mol. The van der Waals surface area contributed by atoms with Crippen molar-refractivity contribution in [2.45, 2.75) is 89.9 Å². The van der Waals surface area contributed by atoms with Gasteiger partial charge in [0.05, 0.1) is 37.6 Å². The molecule has 0 atom stereocenters. The highest BCUT2D eigenvalue weighted by Gasteiger charge is 2.29. The van der Waals surface area contributed by atoms with Crippen LogP contribution in [-0.4, -0.2) is 71.8 Å². The number of hydrogen-bond donors (Lipinski definition) is 1. The van der Waals surface area contributed by atoms with E-state index in [2.05, 4.69) is 9.97 Å². The number of nitrogen functional groups attached to an aromatic ring is 1. The molecule has 0 saturated heterocycles. The Balaban J connectivity index is 2.48. The number of nitrogens with two attached hydrogens (primary N) is 1. The molecule has 1 aromatic rings. The lowest BCUT2D eigenvalue weighted by molar-refractivity contribution is 0.103. The Morgan fingerprint density at radius 1 is 0.703 bits per heavy atom. The fourth-order valence-corrected chi connectivity index (χ4v) is 8.01. The molecule has 0 spiro atoms. The number of nitrogens with zero attached hydrogens (tertiary/aromatic N) is 2. The Kier molecular flexibility index (Phi) is 16.5. The second-order valence-electron chi connectivity index (χ2n) is 9.01. The Bertz CT molecular complexity index is 799. The van der Waals surface area contributed by atoms with E-state index in [1.807, 2.05) is 6.07 Å². The molecule has 0 bridgehead atoms. The van der Waals surface area contributed by atoms with Crippen LogP contribution in [0.4, 0.5) is 5.95 Å². The lowest BCUT2D eigenvalue weighted by Gasteiger charge is -2.22. The topological polar surface area (TPSA) is 141 Å². The fourth-order valence-electron chi connectivity index (χ4n) is 2.79. The van der Waals surface area contributed by atoms with Crippen LogP contribution in [0.25, 0.3) is 0 Å². The van der Waals surface area contributed by atoms with Crippen LogP contribution in [0.1, 0.15) is 55.4 Å². The van der Waals surface area contributed by atoms with E-state index in [0.29, 0.717) is 34.8 Å². The zero-order chi connectivity index (χ0) is 28.1. The molecular formula is C22H43N3O8P2S2. The molecule has 37 heavy (non-hydrogen) atoms. The van der Waals surface area contributed by atoms with Crippen LogP contribution in [0.2, 0.25) is 0 Å². The van der Waals surface area contributed by atoms with Gasteiger partial charge in [0.1, 0.15) is 22.7 Å². The quantitative estimate of drug-likeness (QED) is 0.0774. The Labute approximate surface area is 230 Å². The maximum atomic E-state index is 12.8. The molecule has 0 fully saturated rings. The summed E-state index contributed by atoms with van der Waals surface area (Å²) in [6.07, 6.45) is -1.18. The van der Waals surface area contributed by atoms with Gasteiger partial charge in [-0.1, -0.05) is 0 Å². The largest absolute Gasteiger partial charge is 0.368 e. The predicted octanol–water partition coefficient (Wildman–Crippen LogP) is 6.28.